The third-order valence-corrected chi connectivity index (χ3v) is 1.93. The molecular formula is C11H17ClN4. The summed E-state index contributed by atoms with van der Waals surface area (Å²) in [6, 6.07) is 10.1. The van der Waals surface area contributed by atoms with Crippen LogP contribution in [0.5, 0.6) is 0 Å². The average Bonchev–Trinajstić information content (AvgIpc) is 2.18. The Morgan fingerprint density at radius 2 is 1.81 bits per heavy atom. The Bertz CT molecular complexity index is 348. The predicted molar refractivity (Wildman–Crippen MR) is 70.4 cm³/mol. The molecule has 0 aliphatic carbocycles. The molecular weight excluding hydrogens is 224 g/mol. The molecule has 0 saturated heterocycles. The normalized spacial score (nSPS) is 10.6. The number of amidine groups is 2. The third kappa shape index (κ3) is 6.03. The molecule has 5 N–H and O–H groups in total. The van der Waals surface area contributed by atoms with Crippen LogP contribution in [0.4, 0.5) is 0 Å². The molecule has 0 bridgehead atoms. The first-order valence-corrected chi connectivity index (χ1v) is 4.84. The summed E-state index contributed by atoms with van der Waals surface area (Å²) in [6.07, 6.45) is 1.12. The number of nitrogens with zero attached hydrogens (tertiary/aromatic N) is 1. The van der Waals surface area contributed by atoms with E-state index in [0.717, 1.165) is 6.42 Å². The second-order valence-corrected chi connectivity index (χ2v) is 3.31. The lowest BCUT2D eigenvalue weighted by molar-refractivity contribution is 0.961. The second-order valence-electron chi connectivity index (χ2n) is 3.31. The monoisotopic (exact) mass is 240 g/mol. The number of nitrogens with one attached hydrogen (secondary N) is 1. The van der Waals surface area contributed by atoms with Crippen LogP contribution in [0.15, 0.2) is 35.3 Å². The molecule has 0 heterocycles. The molecule has 0 unspecified atom stereocenters. The van der Waals surface area contributed by atoms with Crippen LogP contribution in [0.1, 0.15) is 12.0 Å². The van der Waals surface area contributed by atoms with E-state index in [1.54, 1.807) is 0 Å². The molecule has 1 rings (SSSR count). The molecule has 16 heavy (non-hydrogen) atoms. The second kappa shape index (κ2) is 7.70. The van der Waals surface area contributed by atoms with Gasteiger partial charge in [-0.3, -0.25) is 10.4 Å². The maximum Gasteiger partial charge on any atom is 0.101 e. The molecule has 1 aromatic rings. The molecule has 1 aromatic carbocycles. The van der Waals surface area contributed by atoms with Crippen LogP contribution < -0.4 is 11.5 Å². The van der Waals surface area contributed by atoms with E-state index in [0.29, 0.717) is 12.4 Å². The fourth-order valence-corrected chi connectivity index (χ4v) is 1.22. The zero-order valence-corrected chi connectivity index (χ0v) is 9.83. The Morgan fingerprint density at radius 1 is 1.19 bits per heavy atom. The van der Waals surface area contributed by atoms with E-state index in [-0.39, 0.29) is 24.7 Å². The van der Waals surface area contributed by atoms with Gasteiger partial charge in [0.15, 0.2) is 0 Å². The van der Waals surface area contributed by atoms with Gasteiger partial charge < -0.3 is 11.5 Å². The molecule has 88 valence electrons. The smallest absolute Gasteiger partial charge is 0.101 e. The molecule has 0 spiro atoms. The lowest BCUT2D eigenvalue weighted by atomic mass is 10.1. The Labute approximate surface area is 102 Å². The minimum Gasteiger partial charge on any atom is -0.387 e. The summed E-state index contributed by atoms with van der Waals surface area (Å²) in [5.41, 5.74) is 12.0. The van der Waals surface area contributed by atoms with Crippen molar-refractivity contribution in [3.8, 4) is 0 Å². The fraction of sp³-hybridized carbons (Fsp3) is 0.273. The van der Waals surface area contributed by atoms with Crippen molar-refractivity contribution in [2.75, 3.05) is 6.54 Å². The molecule has 0 saturated carbocycles. The van der Waals surface area contributed by atoms with Gasteiger partial charge in [-0.05, 0) is 12.0 Å². The summed E-state index contributed by atoms with van der Waals surface area (Å²) in [7, 11) is 0. The number of hydrogen-bond donors (Lipinski definition) is 3. The van der Waals surface area contributed by atoms with E-state index in [1.807, 2.05) is 18.2 Å². The molecule has 4 nitrogen and oxygen atoms in total. The van der Waals surface area contributed by atoms with Crippen molar-refractivity contribution in [3.05, 3.63) is 35.9 Å². The number of rotatable bonds is 5. The van der Waals surface area contributed by atoms with Gasteiger partial charge in [-0.1, -0.05) is 30.3 Å². The minimum absolute atomic E-state index is 0. The Kier molecular flexibility index (Phi) is 6.96. The van der Waals surface area contributed by atoms with Gasteiger partial charge in [0.05, 0.1) is 12.3 Å². The topological polar surface area (TPSA) is 88.2 Å². The van der Waals surface area contributed by atoms with Gasteiger partial charge in [0.25, 0.3) is 0 Å². The van der Waals surface area contributed by atoms with Crippen molar-refractivity contribution in [2.24, 2.45) is 16.5 Å². The SMILES string of the molecule is Cl.N=C(N)CC(N)=NCCc1ccccc1. The fourth-order valence-electron chi connectivity index (χ4n) is 1.22. The first kappa shape index (κ1) is 14.5. The Balaban J connectivity index is 0.00000225. The van der Waals surface area contributed by atoms with E-state index in [4.69, 9.17) is 16.9 Å². The summed E-state index contributed by atoms with van der Waals surface area (Å²) < 4.78 is 0. The molecule has 0 aliphatic rings. The van der Waals surface area contributed by atoms with Crippen LogP contribution in [0.2, 0.25) is 0 Å². The highest BCUT2D eigenvalue weighted by atomic mass is 35.5. The zero-order chi connectivity index (χ0) is 11.1. The third-order valence-electron chi connectivity index (χ3n) is 1.93. The van der Waals surface area contributed by atoms with Crippen molar-refractivity contribution < 1.29 is 0 Å². The highest BCUT2D eigenvalue weighted by Crippen LogP contribution is 1.99. The van der Waals surface area contributed by atoms with Crippen LogP contribution in [-0.4, -0.2) is 18.2 Å². The first-order chi connectivity index (χ1) is 7.18. The standard InChI is InChI=1S/C11H16N4.ClH/c12-10(13)8-11(14)15-7-6-9-4-2-1-3-5-9;/h1-5H,6-8H2,(H3,12,13)(H2,14,15);1H. The van der Waals surface area contributed by atoms with Crippen LogP contribution in [0, 0.1) is 5.41 Å². The van der Waals surface area contributed by atoms with Crippen LogP contribution >= 0.6 is 12.4 Å². The Hall–Kier alpha value is -1.55. The summed E-state index contributed by atoms with van der Waals surface area (Å²) >= 11 is 0. The van der Waals surface area contributed by atoms with Gasteiger partial charge in [0.2, 0.25) is 0 Å². The highest BCUT2D eigenvalue weighted by molar-refractivity contribution is 5.99. The quantitative estimate of drug-likeness (QED) is 0.536. The number of aliphatic imine (C=N–C) groups is 1. The van der Waals surface area contributed by atoms with E-state index in [9.17, 15) is 0 Å². The molecule has 0 fully saturated rings. The molecule has 5 heteroatoms. The summed E-state index contributed by atoms with van der Waals surface area (Å²) in [5.74, 6) is 0.481. The van der Waals surface area contributed by atoms with Crippen molar-refractivity contribution in [1.29, 1.82) is 5.41 Å². The van der Waals surface area contributed by atoms with E-state index < -0.39 is 0 Å². The molecule has 0 aliphatic heterocycles. The predicted octanol–water partition coefficient (Wildman–Crippen LogP) is 1.33. The van der Waals surface area contributed by atoms with Gasteiger partial charge in [-0.25, -0.2) is 0 Å². The van der Waals surface area contributed by atoms with E-state index in [2.05, 4.69) is 17.1 Å². The number of benzene rings is 1. The molecule has 0 atom stereocenters. The van der Waals surface area contributed by atoms with Gasteiger partial charge in [-0.15, -0.1) is 12.4 Å². The number of nitrogens with two attached hydrogens (primary N) is 2. The minimum atomic E-state index is 0. The maximum atomic E-state index is 7.04. The summed E-state index contributed by atoms with van der Waals surface area (Å²) in [6.45, 7) is 0.642. The van der Waals surface area contributed by atoms with Crippen molar-refractivity contribution in [2.45, 2.75) is 12.8 Å². The lowest BCUT2D eigenvalue weighted by Crippen LogP contribution is -2.22. The van der Waals surface area contributed by atoms with Gasteiger partial charge >= 0.3 is 0 Å². The van der Waals surface area contributed by atoms with Crippen molar-refractivity contribution in [1.82, 2.24) is 0 Å². The van der Waals surface area contributed by atoms with Gasteiger partial charge in [0, 0.05) is 6.54 Å². The number of halogens is 1. The van der Waals surface area contributed by atoms with Crippen molar-refractivity contribution in [3.63, 3.8) is 0 Å². The molecule has 0 amide bonds. The van der Waals surface area contributed by atoms with E-state index in [1.165, 1.54) is 5.56 Å². The molecule has 0 aromatic heterocycles. The van der Waals surface area contributed by atoms with Gasteiger partial charge in [0.1, 0.15) is 5.84 Å². The first-order valence-electron chi connectivity index (χ1n) is 4.84. The van der Waals surface area contributed by atoms with Crippen LogP contribution in [0.3, 0.4) is 0 Å². The number of hydrogen-bond acceptors (Lipinski definition) is 2. The largest absolute Gasteiger partial charge is 0.387 e. The Morgan fingerprint density at radius 3 is 2.38 bits per heavy atom. The van der Waals surface area contributed by atoms with Crippen molar-refractivity contribution >= 4 is 24.1 Å². The highest BCUT2D eigenvalue weighted by Gasteiger charge is 1.95. The summed E-state index contributed by atoms with van der Waals surface area (Å²) in [5, 5.41) is 7.04. The maximum absolute atomic E-state index is 7.04. The average molecular weight is 241 g/mol. The van der Waals surface area contributed by atoms with Gasteiger partial charge in [-0.2, -0.15) is 0 Å². The summed E-state index contributed by atoms with van der Waals surface area (Å²) in [4.78, 5) is 4.13. The van der Waals surface area contributed by atoms with Crippen LogP contribution in [-0.2, 0) is 6.42 Å². The van der Waals surface area contributed by atoms with E-state index >= 15 is 0 Å². The zero-order valence-electron chi connectivity index (χ0n) is 9.02. The lowest BCUT2D eigenvalue weighted by Gasteiger charge is -2.00. The van der Waals surface area contributed by atoms with Crippen LogP contribution in [0.25, 0.3) is 0 Å². The molecule has 0 radical (unpaired) electrons.